The van der Waals surface area contributed by atoms with Crippen LogP contribution in [0.25, 0.3) is 0 Å². The number of nitrogens with one attached hydrogen (secondary N) is 1. The summed E-state index contributed by atoms with van der Waals surface area (Å²) in [5.74, 6) is 0.656. The summed E-state index contributed by atoms with van der Waals surface area (Å²) >= 11 is 1.60. The molecule has 1 aliphatic heterocycles. The lowest BCUT2D eigenvalue weighted by Crippen LogP contribution is -2.36. The molecule has 142 valence electrons. The Morgan fingerprint density at radius 3 is 2.56 bits per heavy atom. The standard InChI is InChI=1S/C21H25N3O2S/c25-20(15-19-3-1-14-27-19)22-17-6-8-18(9-7-17)23-10-2-11-24(13-12-23)21(26)16-4-5-16/h1,3,6-9,14,16H,2,4-5,10-13,15H2,(H,22,25). The molecule has 2 fully saturated rings. The summed E-state index contributed by atoms with van der Waals surface area (Å²) in [5, 5.41) is 4.94. The molecule has 1 aromatic heterocycles. The highest BCUT2D eigenvalue weighted by molar-refractivity contribution is 7.10. The number of nitrogens with zero attached hydrogens (tertiary/aromatic N) is 2. The van der Waals surface area contributed by atoms with Crippen LogP contribution in [0.5, 0.6) is 0 Å². The fourth-order valence-corrected chi connectivity index (χ4v) is 4.22. The van der Waals surface area contributed by atoms with Gasteiger partial charge in [0.25, 0.3) is 0 Å². The summed E-state index contributed by atoms with van der Waals surface area (Å²) in [5.41, 5.74) is 1.97. The predicted molar refractivity (Wildman–Crippen MR) is 109 cm³/mol. The second-order valence-corrected chi connectivity index (χ2v) is 8.32. The maximum Gasteiger partial charge on any atom is 0.229 e. The first-order valence-corrected chi connectivity index (χ1v) is 10.5. The maximum atomic E-state index is 12.3. The smallest absolute Gasteiger partial charge is 0.229 e. The predicted octanol–water partition coefficient (Wildman–Crippen LogP) is 3.38. The molecule has 27 heavy (non-hydrogen) atoms. The molecule has 1 saturated heterocycles. The van der Waals surface area contributed by atoms with E-state index in [1.54, 1.807) is 11.3 Å². The minimum absolute atomic E-state index is 0.00852. The van der Waals surface area contributed by atoms with E-state index in [0.717, 1.165) is 61.7 Å². The molecule has 2 heterocycles. The van der Waals surface area contributed by atoms with E-state index in [-0.39, 0.29) is 5.91 Å². The molecular formula is C21H25N3O2S. The highest BCUT2D eigenvalue weighted by Gasteiger charge is 2.33. The van der Waals surface area contributed by atoms with Crippen molar-refractivity contribution in [1.82, 2.24) is 4.90 Å². The number of anilines is 2. The van der Waals surface area contributed by atoms with Crippen molar-refractivity contribution in [2.24, 2.45) is 5.92 Å². The van der Waals surface area contributed by atoms with Crippen molar-refractivity contribution in [1.29, 1.82) is 0 Å². The zero-order valence-corrected chi connectivity index (χ0v) is 16.2. The Hall–Kier alpha value is -2.34. The van der Waals surface area contributed by atoms with E-state index in [0.29, 0.717) is 18.2 Å². The van der Waals surface area contributed by atoms with E-state index in [9.17, 15) is 9.59 Å². The largest absolute Gasteiger partial charge is 0.370 e. The summed E-state index contributed by atoms with van der Waals surface area (Å²) in [7, 11) is 0. The molecule has 1 N–H and O–H groups in total. The van der Waals surface area contributed by atoms with Gasteiger partial charge in [0.2, 0.25) is 11.8 Å². The molecule has 2 aliphatic rings. The molecule has 4 rings (SSSR count). The van der Waals surface area contributed by atoms with Gasteiger partial charge < -0.3 is 15.1 Å². The topological polar surface area (TPSA) is 52.7 Å². The quantitative estimate of drug-likeness (QED) is 0.861. The van der Waals surface area contributed by atoms with Gasteiger partial charge in [-0.1, -0.05) is 6.07 Å². The van der Waals surface area contributed by atoms with Crippen molar-refractivity contribution in [3.63, 3.8) is 0 Å². The molecule has 0 radical (unpaired) electrons. The van der Waals surface area contributed by atoms with Crippen molar-refractivity contribution in [2.45, 2.75) is 25.7 Å². The first-order chi connectivity index (χ1) is 13.2. The van der Waals surface area contributed by atoms with Crippen LogP contribution >= 0.6 is 11.3 Å². The van der Waals surface area contributed by atoms with Gasteiger partial charge in [-0.05, 0) is 55.0 Å². The normalized spacial score (nSPS) is 17.5. The Bertz CT molecular complexity index is 784. The second kappa shape index (κ2) is 8.13. The van der Waals surface area contributed by atoms with Crippen molar-refractivity contribution in [3.8, 4) is 0 Å². The number of carbonyl (C=O) groups excluding carboxylic acids is 2. The van der Waals surface area contributed by atoms with E-state index in [2.05, 4.69) is 22.3 Å². The molecule has 5 nitrogen and oxygen atoms in total. The Morgan fingerprint density at radius 1 is 1.04 bits per heavy atom. The van der Waals surface area contributed by atoms with Gasteiger partial charge >= 0.3 is 0 Å². The average molecular weight is 384 g/mol. The molecule has 1 aliphatic carbocycles. The number of carbonyl (C=O) groups is 2. The van der Waals surface area contributed by atoms with Crippen molar-refractivity contribution < 1.29 is 9.59 Å². The van der Waals surface area contributed by atoms with Gasteiger partial charge in [-0.25, -0.2) is 0 Å². The number of hydrogen-bond donors (Lipinski definition) is 1. The van der Waals surface area contributed by atoms with Gasteiger partial charge in [0.15, 0.2) is 0 Å². The number of hydrogen-bond acceptors (Lipinski definition) is 4. The van der Waals surface area contributed by atoms with Crippen LogP contribution in [0, 0.1) is 5.92 Å². The lowest BCUT2D eigenvalue weighted by Gasteiger charge is -2.24. The molecule has 1 saturated carbocycles. The van der Waals surface area contributed by atoms with Crippen LogP contribution in [0.4, 0.5) is 11.4 Å². The van der Waals surface area contributed by atoms with Gasteiger partial charge in [-0.2, -0.15) is 0 Å². The molecule has 0 spiro atoms. The monoisotopic (exact) mass is 383 g/mol. The van der Waals surface area contributed by atoms with Gasteiger partial charge in [0.1, 0.15) is 0 Å². The first-order valence-electron chi connectivity index (χ1n) is 9.65. The van der Waals surface area contributed by atoms with E-state index in [1.165, 1.54) is 0 Å². The maximum absolute atomic E-state index is 12.3. The third-order valence-electron chi connectivity index (χ3n) is 5.17. The summed E-state index contributed by atoms with van der Waals surface area (Å²) in [4.78, 5) is 29.8. The zero-order valence-electron chi connectivity index (χ0n) is 15.4. The molecule has 2 amide bonds. The fraction of sp³-hybridized carbons (Fsp3) is 0.429. The lowest BCUT2D eigenvalue weighted by atomic mass is 10.2. The fourth-order valence-electron chi connectivity index (χ4n) is 3.52. The van der Waals surface area contributed by atoms with Crippen LogP contribution in [0.3, 0.4) is 0 Å². The summed E-state index contributed by atoms with van der Waals surface area (Å²) in [6, 6.07) is 12.0. The van der Waals surface area contributed by atoms with Gasteiger partial charge in [-0.3, -0.25) is 9.59 Å². The SMILES string of the molecule is O=C(Cc1cccs1)Nc1ccc(N2CCCN(C(=O)C3CC3)CC2)cc1. The minimum Gasteiger partial charge on any atom is -0.370 e. The number of amides is 2. The van der Waals surface area contributed by atoms with E-state index < -0.39 is 0 Å². The van der Waals surface area contributed by atoms with Crippen LogP contribution in [0.2, 0.25) is 0 Å². The van der Waals surface area contributed by atoms with Crippen molar-refractivity contribution >= 4 is 34.5 Å². The number of rotatable bonds is 5. The molecule has 0 atom stereocenters. The van der Waals surface area contributed by atoms with Crippen molar-refractivity contribution in [3.05, 3.63) is 46.7 Å². The molecule has 0 unspecified atom stereocenters. The summed E-state index contributed by atoms with van der Waals surface area (Å²) < 4.78 is 0. The minimum atomic E-state index is 0.00852. The lowest BCUT2D eigenvalue weighted by molar-refractivity contribution is -0.132. The van der Waals surface area contributed by atoms with Crippen LogP contribution in [-0.2, 0) is 16.0 Å². The molecule has 2 aromatic rings. The Morgan fingerprint density at radius 2 is 1.85 bits per heavy atom. The van der Waals surface area contributed by atoms with Gasteiger partial charge in [-0.15, -0.1) is 11.3 Å². The number of benzene rings is 1. The summed E-state index contributed by atoms with van der Waals surface area (Å²) in [6.07, 6.45) is 3.55. The Balaban J connectivity index is 1.31. The van der Waals surface area contributed by atoms with E-state index in [1.807, 2.05) is 34.5 Å². The van der Waals surface area contributed by atoms with Crippen molar-refractivity contribution in [2.75, 3.05) is 36.4 Å². The molecule has 1 aromatic carbocycles. The molecule has 6 heteroatoms. The molecular weight excluding hydrogens is 358 g/mol. The van der Waals surface area contributed by atoms with Crippen LogP contribution in [-0.4, -0.2) is 42.9 Å². The highest BCUT2D eigenvalue weighted by atomic mass is 32.1. The summed E-state index contributed by atoms with van der Waals surface area (Å²) in [6.45, 7) is 3.48. The van der Waals surface area contributed by atoms with E-state index in [4.69, 9.17) is 0 Å². The Labute approximate surface area is 164 Å². The average Bonchev–Trinajstić information content (AvgIpc) is 3.45. The van der Waals surface area contributed by atoms with Crippen LogP contribution < -0.4 is 10.2 Å². The van der Waals surface area contributed by atoms with Crippen LogP contribution in [0.1, 0.15) is 24.1 Å². The highest BCUT2D eigenvalue weighted by Crippen LogP contribution is 2.31. The van der Waals surface area contributed by atoms with Crippen LogP contribution in [0.15, 0.2) is 41.8 Å². The third-order valence-corrected chi connectivity index (χ3v) is 6.04. The third kappa shape index (κ3) is 4.69. The second-order valence-electron chi connectivity index (χ2n) is 7.29. The molecule has 0 bridgehead atoms. The van der Waals surface area contributed by atoms with E-state index >= 15 is 0 Å². The van der Waals surface area contributed by atoms with Gasteiger partial charge in [0.05, 0.1) is 6.42 Å². The van der Waals surface area contributed by atoms with Gasteiger partial charge in [0, 0.05) is 48.3 Å². The first kappa shape index (κ1) is 18.0. The number of thiophene rings is 1. The Kier molecular flexibility index (Phi) is 5.43. The zero-order chi connectivity index (χ0) is 18.6.